The average molecular weight is 200 g/mol. The number of ketones is 1. The summed E-state index contributed by atoms with van der Waals surface area (Å²) in [4.78, 5) is 21.2. The van der Waals surface area contributed by atoms with E-state index in [0.29, 0.717) is 0 Å². The Balaban J connectivity index is 2.12. The Bertz CT molecular complexity index is 206. The number of ether oxygens (including phenoxy) is 1. The second kappa shape index (κ2) is 5.75. The van der Waals surface area contributed by atoms with Crippen molar-refractivity contribution in [2.24, 2.45) is 0 Å². The quantitative estimate of drug-likeness (QED) is 0.681. The molecular formula is C10H16O4. The van der Waals surface area contributed by atoms with Crippen LogP contribution in [0.15, 0.2) is 0 Å². The van der Waals surface area contributed by atoms with Crippen molar-refractivity contribution >= 4 is 11.8 Å². The van der Waals surface area contributed by atoms with Gasteiger partial charge in [0.05, 0.1) is 6.10 Å². The van der Waals surface area contributed by atoms with Crippen LogP contribution < -0.4 is 0 Å². The van der Waals surface area contributed by atoms with Crippen LogP contribution in [0.1, 0.15) is 38.5 Å². The Morgan fingerprint density at radius 1 is 1.21 bits per heavy atom. The van der Waals surface area contributed by atoms with Crippen LogP contribution in [-0.2, 0) is 14.3 Å². The van der Waals surface area contributed by atoms with Crippen LogP contribution in [0.25, 0.3) is 0 Å². The molecule has 1 fully saturated rings. The molecule has 0 aromatic heterocycles. The number of Topliss-reactive ketones (excluding diaryl/α,β-unsaturated/α-hetero) is 1. The summed E-state index contributed by atoms with van der Waals surface area (Å²) >= 11 is 0. The largest absolute Gasteiger partial charge is 0.481 e. The van der Waals surface area contributed by atoms with E-state index in [9.17, 15) is 9.59 Å². The predicted octanol–water partition coefficient (Wildman–Crippen LogP) is 1.38. The number of carboxylic acids is 1. The molecule has 0 aromatic carbocycles. The van der Waals surface area contributed by atoms with Gasteiger partial charge in [-0.2, -0.15) is 0 Å². The topological polar surface area (TPSA) is 63.6 Å². The average Bonchev–Trinajstić information content (AvgIpc) is 2.15. The van der Waals surface area contributed by atoms with Gasteiger partial charge in [0, 0.05) is 0 Å². The molecule has 4 nitrogen and oxygen atoms in total. The molecule has 1 rings (SSSR count). The maximum atomic E-state index is 11.0. The number of carboxylic acid groups (broad SMARTS) is 1. The van der Waals surface area contributed by atoms with Gasteiger partial charge >= 0.3 is 5.97 Å². The first-order chi connectivity index (χ1) is 6.68. The monoisotopic (exact) mass is 200 g/mol. The third kappa shape index (κ3) is 4.37. The molecule has 1 aliphatic rings. The summed E-state index contributed by atoms with van der Waals surface area (Å²) in [5, 5.41) is 8.34. The minimum absolute atomic E-state index is 0.0447. The summed E-state index contributed by atoms with van der Waals surface area (Å²) in [6, 6.07) is 0. The lowest BCUT2D eigenvalue weighted by molar-refractivity contribution is -0.142. The van der Waals surface area contributed by atoms with Gasteiger partial charge in [-0.25, -0.2) is 0 Å². The van der Waals surface area contributed by atoms with Gasteiger partial charge in [0.2, 0.25) is 0 Å². The zero-order valence-corrected chi connectivity index (χ0v) is 8.20. The molecule has 80 valence electrons. The maximum absolute atomic E-state index is 11.0. The smallest absolute Gasteiger partial charge is 0.310 e. The highest BCUT2D eigenvalue weighted by Crippen LogP contribution is 2.20. The van der Waals surface area contributed by atoms with E-state index in [0.717, 1.165) is 25.7 Å². The summed E-state index contributed by atoms with van der Waals surface area (Å²) in [6.45, 7) is -0.0447. The first kappa shape index (κ1) is 11.2. The molecule has 1 N–H and O–H groups in total. The molecule has 14 heavy (non-hydrogen) atoms. The van der Waals surface area contributed by atoms with Crippen LogP contribution in [0.4, 0.5) is 0 Å². The van der Waals surface area contributed by atoms with Crippen molar-refractivity contribution in [2.75, 3.05) is 6.61 Å². The van der Waals surface area contributed by atoms with E-state index in [1.807, 2.05) is 0 Å². The van der Waals surface area contributed by atoms with Crippen molar-refractivity contribution < 1.29 is 19.4 Å². The number of hydrogen-bond donors (Lipinski definition) is 1. The summed E-state index contributed by atoms with van der Waals surface area (Å²) in [7, 11) is 0. The molecule has 0 saturated heterocycles. The van der Waals surface area contributed by atoms with Crippen LogP contribution in [0, 0.1) is 0 Å². The Morgan fingerprint density at radius 3 is 2.43 bits per heavy atom. The summed E-state index contributed by atoms with van der Waals surface area (Å²) in [6.07, 6.45) is 5.29. The Hall–Kier alpha value is -0.900. The zero-order chi connectivity index (χ0) is 10.4. The zero-order valence-electron chi connectivity index (χ0n) is 8.20. The molecule has 0 bridgehead atoms. The lowest BCUT2D eigenvalue weighted by atomic mass is 9.98. The Kier molecular flexibility index (Phi) is 4.59. The van der Waals surface area contributed by atoms with Crippen LogP contribution >= 0.6 is 0 Å². The first-order valence-electron chi connectivity index (χ1n) is 5.03. The van der Waals surface area contributed by atoms with E-state index in [1.54, 1.807) is 0 Å². The normalized spacial score (nSPS) is 18.0. The summed E-state index contributed by atoms with van der Waals surface area (Å²) in [5.74, 6) is -1.43. The standard InChI is InChI=1S/C10H16O4/c11-8(6-10(12)13)7-14-9-4-2-1-3-5-9/h9H,1-7H2,(H,12,13). The predicted molar refractivity (Wildman–Crippen MR) is 50.1 cm³/mol. The van der Waals surface area contributed by atoms with Gasteiger partial charge in [-0.15, -0.1) is 0 Å². The van der Waals surface area contributed by atoms with Gasteiger partial charge in [-0.1, -0.05) is 19.3 Å². The van der Waals surface area contributed by atoms with Crippen molar-refractivity contribution in [1.29, 1.82) is 0 Å². The van der Waals surface area contributed by atoms with E-state index in [4.69, 9.17) is 9.84 Å². The van der Waals surface area contributed by atoms with Gasteiger partial charge in [0.25, 0.3) is 0 Å². The van der Waals surface area contributed by atoms with Crippen molar-refractivity contribution in [3.8, 4) is 0 Å². The Labute approximate surface area is 83.2 Å². The molecule has 0 atom stereocenters. The second-order valence-electron chi connectivity index (χ2n) is 3.68. The molecule has 0 amide bonds. The lowest BCUT2D eigenvalue weighted by Crippen LogP contribution is -2.22. The number of carbonyl (C=O) groups excluding carboxylic acids is 1. The number of hydrogen-bond acceptors (Lipinski definition) is 3. The van der Waals surface area contributed by atoms with E-state index in [-0.39, 0.29) is 18.5 Å². The summed E-state index contributed by atoms with van der Waals surface area (Å²) in [5.41, 5.74) is 0. The summed E-state index contributed by atoms with van der Waals surface area (Å²) < 4.78 is 5.33. The fourth-order valence-corrected chi connectivity index (χ4v) is 1.66. The van der Waals surface area contributed by atoms with Gasteiger partial charge in [-0.05, 0) is 12.8 Å². The molecule has 1 saturated carbocycles. The van der Waals surface area contributed by atoms with Gasteiger partial charge < -0.3 is 9.84 Å². The minimum Gasteiger partial charge on any atom is -0.481 e. The molecule has 4 heteroatoms. The van der Waals surface area contributed by atoms with Crippen molar-refractivity contribution in [3.05, 3.63) is 0 Å². The molecule has 1 aliphatic carbocycles. The molecule has 0 spiro atoms. The van der Waals surface area contributed by atoms with Crippen molar-refractivity contribution in [3.63, 3.8) is 0 Å². The van der Waals surface area contributed by atoms with Crippen LogP contribution in [0.5, 0.6) is 0 Å². The SMILES string of the molecule is O=C(O)CC(=O)COC1CCCCC1. The van der Waals surface area contributed by atoms with Crippen LogP contribution in [0.3, 0.4) is 0 Å². The fourth-order valence-electron chi connectivity index (χ4n) is 1.66. The highest BCUT2D eigenvalue weighted by atomic mass is 16.5. The van der Waals surface area contributed by atoms with E-state index in [1.165, 1.54) is 6.42 Å². The molecule has 0 aliphatic heterocycles. The third-order valence-electron chi connectivity index (χ3n) is 2.38. The fraction of sp³-hybridized carbons (Fsp3) is 0.800. The van der Waals surface area contributed by atoms with Crippen LogP contribution in [0.2, 0.25) is 0 Å². The van der Waals surface area contributed by atoms with Crippen molar-refractivity contribution in [1.82, 2.24) is 0 Å². The maximum Gasteiger partial charge on any atom is 0.310 e. The number of carbonyl (C=O) groups is 2. The third-order valence-corrected chi connectivity index (χ3v) is 2.38. The molecule has 0 heterocycles. The first-order valence-corrected chi connectivity index (χ1v) is 5.03. The van der Waals surface area contributed by atoms with E-state index >= 15 is 0 Å². The minimum atomic E-state index is -1.08. The Morgan fingerprint density at radius 2 is 1.86 bits per heavy atom. The molecular weight excluding hydrogens is 184 g/mol. The van der Waals surface area contributed by atoms with Gasteiger partial charge in [0.1, 0.15) is 13.0 Å². The number of aliphatic carboxylic acids is 1. The lowest BCUT2D eigenvalue weighted by Gasteiger charge is -2.21. The number of rotatable bonds is 5. The molecule has 0 radical (unpaired) electrons. The molecule has 0 aromatic rings. The highest BCUT2D eigenvalue weighted by molar-refractivity contribution is 5.95. The molecule has 0 unspecified atom stereocenters. The highest BCUT2D eigenvalue weighted by Gasteiger charge is 2.16. The van der Waals surface area contributed by atoms with Crippen molar-refractivity contribution in [2.45, 2.75) is 44.6 Å². The second-order valence-corrected chi connectivity index (χ2v) is 3.68. The van der Waals surface area contributed by atoms with Gasteiger partial charge in [0.15, 0.2) is 5.78 Å². The van der Waals surface area contributed by atoms with E-state index < -0.39 is 12.4 Å². The van der Waals surface area contributed by atoms with Crippen LogP contribution in [-0.4, -0.2) is 29.6 Å². The van der Waals surface area contributed by atoms with E-state index in [2.05, 4.69) is 0 Å². The van der Waals surface area contributed by atoms with Gasteiger partial charge in [-0.3, -0.25) is 9.59 Å².